The average Bonchev–Trinajstić information content (AvgIpc) is 2.14. The van der Waals surface area contributed by atoms with Crippen LogP contribution in [0.1, 0.15) is 40.5 Å². The Morgan fingerprint density at radius 3 is 2.47 bits per heavy atom. The fourth-order valence-corrected chi connectivity index (χ4v) is 2.20. The van der Waals surface area contributed by atoms with Crippen LogP contribution in [0.4, 0.5) is 0 Å². The van der Waals surface area contributed by atoms with Gasteiger partial charge in [-0.05, 0) is 36.3 Å². The second kappa shape index (κ2) is 8.43. The molecule has 15 heavy (non-hydrogen) atoms. The molecule has 2 N–H and O–H groups in total. The van der Waals surface area contributed by atoms with Crippen LogP contribution in [-0.2, 0) is 0 Å². The molecule has 0 radical (unpaired) electrons. The van der Waals surface area contributed by atoms with E-state index in [0.717, 1.165) is 13.0 Å². The molecule has 2 nitrogen and oxygen atoms in total. The van der Waals surface area contributed by atoms with Gasteiger partial charge in [0.25, 0.3) is 0 Å². The third kappa shape index (κ3) is 8.12. The molecule has 92 valence electrons. The maximum Gasteiger partial charge on any atom is 0.0446 e. The van der Waals surface area contributed by atoms with Crippen molar-refractivity contribution in [3.05, 3.63) is 0 Å². The van der Waals surface area contributed by atoms with E-state index in [1.807, 2.05) is 11.8 Å². The largest absolute Gasteiger partial charge is 0.396 e. The highest BCUT2D eigenvalue weighted by Gasteiger charge is 2.22. The number of nitrogens with one attached hydrogen (secondary N) is 1. The molecule has 0 rings (SSSR count). The van der Waals surface area contributed by atoms with E-state index in [1.165, 1.54) is 17.9 Å². The van der Waals surface area contributed by atoms with Crippen molar-refractivity contribution < 1.29 is 5.11 Å². The van der Waals surface area contributed by atoms with Crippen molar-refractivity contribution >= 4 is 11.8 Å². The van der Waals surface area contributed by atoms with E-state index < -0.39 is 0 Å². The summed E-state index contributed by atoms with van der Waals surface area (Å²) < 4.78 is 0. The summed E-state index contributed by atoms with van der Waals surface area (Å²) in [6.07, 6.45) is 2.07. The fourth-order valence-electron chi connectivity index (χ4n) is 1.57. The number of aliphatic hydroxyl groups excluding tert-OH is 1. The minimum Gasteiger partial charge on any atom is -0.396 e. The second-order valence-electron chi connectivity index (χ2n) is 4.94. The molecule has 0 aromatic carbocycles. The van der Waals surface area contributed by atoms with Gasteiger partial charge < -0.3 is 10.4 Å². The van der Waals surface area contributed by atoms with Crippen LogP contribution in [0.25, 0.3) is 0 Å². The molecule has 0 heterocycles. The molecule has 0 aromatic rings. The number of aliphatic hydroxyl groups is 1. The molecule has 0 bridgehead atoms. The van der Waals surface area contributed by atoms with Gasteiger partial charge in [-0.2, -0.15) is 11.8 Å². The maximum absolute atomic E-state index is 9.00. The van der Waals surface area contributed by atoms with Gasteiger partial charge in [0.2, 0.25) is 0 Å². The number of thioether (sulfide) groups is 1. The molecule has 0 fully saturated rings. The van der Waals surface area contributed by atoms with Crippen LogP contribution in [0, 0.1) is 5.41 Å². The van der Waals surface area contributed by atoms with Crippen molar-refractivity contribution in [1.82, 2.24) is 5.32 Å². The summed E-state index contributed by atoms with van der Waals surface area (Å²) in [5, 5.41) is 12.5. The Morgan fingerprint density at radius 1 is 1.33 bits per heavy atom. The third-order valence-corrected chi connectivity index (χ3v) is 3.51. The SMILES string of the molecule is CCSCCCNC(CCO)C(C)(C)C. The summed E-state index contributed by atoms with van der Waals surface area (Å²) in [6, 6.07) is 0.425. The first-order chi connectivity index (χ1) is 7.02. The summed E-state index contributed by atoms with van der Waals surface area (Å²) in [5.74, 6) is 2.44. The second-order valence-corrected chi connectivity index (χ2v) is 6.33. The maximum atomic E-state index is 9.00. The van der Waals surface area contributed by atoms with E-state index in [1.54, 1.807) is 0 Å². The Balaban J connectivity index is 3.67. The molecule has 0 spiro atoms. The zero-order valence-corrected chi connectivity index (χ0v) is 11.5. The standard InChI is InChI=1S/C12H27NOS/c1-5-15-10-6-8-13-11(7-9-14)12(2,3)4/h11,13-14H,5-10H2,1-4H3. The van der Waals surface area contributed by atoms with E-state index in [0.29, 0.717) is 6.04 Å². The van der Waals surface area contributed by atoms with Gasteiger partial charge in [-0.1, -0.05) is 27.7 Å². The minimum atomic E-state index is 0.237. The topological polar surface area (TPSA) is 32.3 Å². The quantitative estimate of drug-likeness (QED) is 0.632. The highest BCUT2D eigenvalue weighted by molar-refractivity contribution is 7.99. The molecule has 3 heteroatoms. The molecule has 0 aliphatic rings. The van der Waals surface area contributed by atoms with E-state index in [2.05, 4.69) is 33.0 Å². The number of rotatable bonds is 8. The first-order valence-corrected chi connectivity index (χ1v) is 7.09. The molecular weight excluding hydrogens is 206 g/mol. The Bertz CT molecular complexity index is 145. The van der Waals surface area contributed by atoms with Crippen molar-refractivity contribution in [2.24, 2.45) is 5.41 Å². The normalized spacial score (nSPS) is 14.2. The van der Waals surface area contributed by atoms with Gasteiger partial charge in [-0.25, -0.2) is 0 Å². The lowest BCUT2D eigenvalue weighted by Gasteiger charge is -2.31. The molecule has 1 unspecified atom stereocenters. The lowest BCUT2D eigenvalue weighted by molar-refractivity contribution is 0.198. The van der Waals surface area contributed by atoms with Gasteiger partial charge >= 0.3 is 0 Å². The molecule has 0 saturated heterocycles. The lowest BCUT2D eigenvalue weighted by atomic mass is 9.85. The summed E-state index contributed by atoms with van der Waals surface area (Å²) in [6.45, 7) is 10.2. The predicted octanol–water partition coefficient (Wildman–Crippen LogP) is 2.52. The Hall–Kier alpha value is 0.270. The monoisotopic (exact) mass is 233 g/mol. The fraction of sp³-hybridized carbons (Fsp3) is 1.00. The van der Waals surface area contributed by atoms with Crippen LogP contribution in [0.2, 0.25) is 0 Å². The Kier molecular flexibility index (Phi) is 8.58. The smallest absolute Gasteiger partial charge is 0.0446 e. The summed E-state index contributed by atoms with van der Waals surface area (Å²) in [4.78, 5) is 0. The molecule has 0 aliphatic heterocycles. The van der Waals surface area contributed by atoms with Crippen LogP contribution in [0.15, 0.2) is 0 Å². The number of hydrogen-bond donors (Lipinski definition) is 2. The van der Waals surface area contributed by atoms with Crippen LogP contribution in [0.5, 0.6) is 0 Å². The Labute approximate surface area is 99.2 Å². The highest BCUT2D eigenvalue weighted by Crippen LogP contribution is 2.21. The van der Waals surface area contributed by atoms with Crippen molar-refractivity contribution in [3.8, 4) is 0 Å². The van der Waals surface area contributed by atoms with E-state index in [9.17, 15) is 0 Å². The van der Waals surface area contributed by atoms with Crippen LogP contribution in [0.3, 0.4) is 0 Å². The lowest BCUT2D eigenvalue weighted by Crippen LogP contribution is -2.41. The molecule has 0 aromatic heterocycles. The van der Waals surface area contributed by atoms with Crippen LogP contribution >= 0.6 is 11.8 Å². The van der Waals surface area contributed by atoms with E-state index in [-0.39, 0.29) is 12.0 Å². The minimum absolute atomic E-state index is 0.237. The van der Waals surface area contributed by atoms with Gasteiger partial charge in [-0.3, -0.25) is 0 Å². The zero-order valence-electron chi connectivity index (χ0n) is 10.7. The zero-order chi connectivity index (χ0) is 11.7. The van der Waals surface area contributed by atoms with E-state index >= 15 is 0 Å². The van der Waals surface area contributed by atoms with Crippen molar-refractivity contribution in [2.45, 2.75) is 46.6 Å². The van der Waals surface area contributed by atoms with Crippen LogP contribution in [-0.4, -0.2) is 35.8 Å². The van der Waals surface area contributed by atoms with Crippen molar-refractivity contribution in [3.63, 3.8) is 0 Å². The molecular formula is C12H27NOS. The van der Waals surface area contributed by atoms with Gasteiger partial charge in [0.1, 0.15) is 0 Å². The van der Waals surface area contributed by atoms with Crippen LogP contribution < -0.4 is 5.32 Å². The highest BCUT2D eigenvalue weighted by atomic mass is 32.2. The van der Waals surface area contributed by atoms with Gasteiger partial charge in [0.15, 0.2) is 0 Å². The number of hydrogen-bond acceptors (Lipinski definition) is 3. The first kappa shape index (κ1) is 15.3. The Morgan fingerprint density at radius 2 is 2.00 bits per heavy atom. The third-order valence-electron chi connectivity index (χ3n) is 2.52. The summed E-state index contributed by atoms with van der Waals surface area (Å²) in [5.41, 5.74) is 0.237. The van der Waals surface area contributed by atoms with E-state index in [4.69, 9.17) is 5.11 Å². The van der Waals surface area contributed by atoms with Gasteiger partial charge in [0, 0.05) is 12.6 Å². The van der Waals surface area contributed by atoms with Crippen molar-refractivity contribution in [2.75, 3.05) is 24.7 Å². The van der Waals surface area contributed by atoms with Gasteiger partial charge in [0.05, 0.1) is 0 Å². The summed E-state index contributed by atoms with van der Waals surface area (Å²) in [7, 11) is 0. The summed E-state index contributed by atoms with van der Waals surface area (Å²) >= 11 is 1.99. The van der Waals surface area contributed by atoms with Gasteiger partial charge in [-0.15, -0.1) is 0 Å². The molecule has 1 atom stereocenters. The predicted molar refractivity (Wildman–Crippen MR) is 70.6 cm³/mol. The van der Waals surface area contributed by atoms with Crippen molar-refractivity contribution in [1.29, 1.82) is 0 Å². The molecule has 0 aliphatic carbocycles. The first-order valence-electron chi connectivity index (χ1n) is 5.94. The molecule has 0 amide bonds. The molecule has 0 saturated carbocycles. The average molecular weight is 233 g/mol.